The quantitative estimate of drug-likeness (QED) is 0.204. The van der Waals surface area contributed by atoms with Crippen molar-refractivity contribution < 1.29 is 8.98 Å². The van der Waals surface area contributed by atoms with Gasteiger partial charge in [0.1, 0.15) is 18.2 Å². The maximum atomic E-state index is 6.89. The number of hydrogen-bond acceptors (Lipinski definition) is 3. The summed E-state index contributed by atoms with van der Waals surface area (Å²) in [7, 11) is 2.13. The molecule has 0 saturated carbocycles. The van der Waals surface area contributed by atoms with Gasteiger partial charge >= 0.3 is 0 Å². The van der Waals surface area contributed by atoms with Crippen molar-refractivity contribution in [2.75, 3.05) is 0 Å². The highest BCUT2D eigenvalue weighted by atomic mass is 16.3. The van der Waals surface area contributed by atoms with Crippen molar-refractivity contribution >= 4 is 32.8 Å². The van der Waals surface area contributed by atoms with Gasteiger partial charge < -0.3 is 4.42 Å². The van der Waals surface area contributed by atoms with Crippen LogP contribution in [0, 0.1) is 6.92 Å². The summed E-state index contributed by atoms with van der Waals surface area (Å²) in [5.74, 6) is 0.685. The second kappa shape index (κ2) is 10.0. The zero-order valence-electron chi connectivity index (χ0n) is 24.0. The van der Waals surface area contributed by atoms with Gasteiger partial charge in [-0.05, 0) is 36.8 Å². The van der Waals surface area contributed by atoms with Gasteiger partial charge in [0.05, 0.1) is 17.0 Å². The fraction of sp³-hybridized carbons (Fsp3) is 0.0513. The third kappa shape index (κ3) is 4.19. The molecule has 0 unspecified atom stereocenters. The van der Waals surface area contributed by atoms with Gasteiger partial charge in [-0.15, -0.1) is 0 Å². The molecule has 3 heterocycles. The molecule has 8 rings (SSSR count). The Labute approximate surface area is 249 Å². The molecule has 204 valence electrons. The highest BCUT2D eigenvalue weighted by Gasteiger charge is 2.23. The molecule has 8 aromatic rings. The molecule has 4 heteroatoms. The molecule has 0 radical (unpaired) electrons. The van der Waals surface area contributed by atoms with Crippen LogP contribution >= 0.6 is 0 Å². The van der Waals surface area contributed by atoms with Crippen LogP contribution < -0.4 is 4.57 Å². The molecule has 5 aromatic carbocycles. The van der Waals surface area contributed by atoms with Crippen LogP contribution in [0.25, 0.3) is 78.0 Å². The fourth-order valence-corrected chi connectivity index (χ4v) is 6.13. The third-order valence-electron chi connectivity index (χ3n) is 8.32. The van der Waals surface area contributed by atoms with E-state index in [1.54, 1.807) is 0 Å². The Kier molecular flexibility index (Phi) is 5.86. The van der Waals surface area contributed by atoms with E-state index in [1.165, 1.54) is 16.5 Å². The average molecular weight is 555 g/mol. The SMILES string of the molecule is Cc1ccc2c(oc3c(-c4cc(-c5ccccc5)nc(-c5ccccc5)n4)cccc32)c1-c1ccc2ccccc2[n+]1C. The number of rotatable bonds is 4. The van der Waals surface area contributed by atoms with E-state index in [0.29, 0.717) is 5.82 Å². The van der Waals surface area contributed by atoms with Crippen molar-refractivity contribution in [1.82, 2.24) is 9.97 Å². The molecule has 0 bridgehead atoms. The van der Waals surface area contributed by atoms with Crippen LogP contribution in [-0.2, 0) is 7.05 Å². The topological polar surface area (TPSA) is 42.8 Å². The summed E-state index contributed by atoms with van der Waals surface area (Å²) in [6, 6.07) is 46.0. The number of benzene rings is 5. The van der Waals surface area contributed by atoms with E-state index in [2.05, 4.69) is 103 Å². The number of nitrogens with zero attached hydrogens (tertiary/aromatic N) is 3. The van der Waals surface area contributed by atoms with Gasteiger partial charge in [0, 0.05) is 45.0 Å². The van der Waals surface area contributed by atoms with Crippen molar-refractivity contribution in [3.05, 3.63) is 139 Å². The van der Waals surface area contributed by atoms with Gasteiger partial charge in [-0.3, -0.25) is 0 Å². The zero-order valence-corrected chi connectivity index (χ0v) is 24.0. The summed E-state index contributed by atoms with van der Waals surface area (Å²) >= 11 is 0. The Balaban J connectivity index is 1.39. The van der Waals surface area contributed by atoms with Crippen molar-refractivity contribution in [3.8, 4) is 45.2 Å². The van der Waals surface area contributed by atoms with E-state index in [-0.39, 0.29) is 0 Å². The lowest BCUT2D eigenvalue weighted by Crippen LogP contribution is -2.32. The number of fused-ring (bicyclic) bond motifs is 4. The zero-order chi connectivity index (χ0) is 28.9. The Morgan fingerprint density at radius 3 is 2.09 bits per heavy atom. The summed E-state index contributed by atoms with van der Waals surface area (Å²) in [5, 5.41) is 3.36. The van der Waals surface area contributed by atoms with Crippen LogP contribution in [0.1, 0.15) is 5.56 Å². The molecule has 0 saturated heterocycles. The standard InChI is InChI=1S/C39H28N3O/c1-25-20-22-30-29-17-11-18-31(37(29)43-38(30)36(25)35-23-21-27-14-9-10-19-34(27)42(35)2)33-24-32(26-12-5-3-6-13-26)40-39(41-33)28-15-7-4-8-16-28/h3-24H,1-2H3/q+1. The smallest absolute Gasteiger partial charge is 0.216 e. The Morgan fingerprint density at radius 2 is 1.28 bits per heavy atom. The van der Waals surface area contributed by atoms with Crippen molar-refractivity contribution in [2.45, 2.75) is 6.92 Å². The first-order valence-electron chi connectivity index (χ1n) is 14.5. The first-order chi connectivity index (χ1) is 21.2. The number of pyridine rings is 1. The molecule has 0 fully saturated rings. The number of furan rings is 1. The Hall–Kier alpha value is -5.61. The monoisotopic (exact) mass is 554 g/mol. The molecule has 0 N–H and O–H groups in total. The maximum Gasteiger partial charge on any atom is 0.216 e. The number of aryl methyl sites for hydroxylation is 2. The highest BCUT2D eigenvalue weighted by Crippen LogP contribution is 2.41. The minimum Gasteiger partial charge on any atom is -0.454 e. The van der Waals surface area contributed by atoms with Crippen molar-refractivity contribution in [1.29, 1.82) is 0 Å². The number of aromatic nitrogens is 3. The van der Waals surface area contributed by atoms with Gasteiger partial charge in [0.15, 0.2) is 5.82 Å². The van der Waals surface area contributed by atoms with Crippen LogP contribution in [0.5, 0.6) is 0 Å². The molecule has 43 heavy (non-hydrogen) atoms. The van der Waals surface area contributed by atoms with Crippen LogP contribution in [0.3, 0.4) is 0 Å². The summed E-state index contributed by atoms with van der Waals surface area (Å²) in [5.41, 5.74) is 10.9. The fourth-order valence-electron chi connectivity index (χ4n) is 6.13. The van der Waals surface area contributed by atoms with Crippen molar-refractivity contribution in [3.63, 3.8) is 0 Å². The normalized spacial score (nSPS) is 11.5. The molecule has 0 amide bonds. The predicted octanol–water partition coefficient (Wildman–Crippen LogP) is 9.33. The molecular weight excluding hydrogens is 526 g/mol. The van der Waals surface area contributed by atoms with Crippen LogP contribution in [-0.4, -0.2) is 9.97 Å². The summed E-state index contributed by atoms with van der Waals surface area (Å²) in [6.07, 6.45) is 0. The van der Waals surface area contributed by atoms with Gasteiger partial charge in [-0.1, -0.05) is 97.1 Å². The van der Waals surface area contributed by atoms with Gasteiger partial charge in [-0.25, -0.2) is 9.97 Å². The molecule has 0 aliphatic heterocycles. The largest absolute Gasteiger partial charge is 0.454 e. The van der Waals surface area contributed by atoms with E-state index < -0.39 is 0 Å². The van der Waals surface area contributed by atoms with E-state index in [4.69, 9.17) is 14.4 Å². The Bertz CT molecular complexity index is 2250. The minimum absolute atomic E-state index is 0.685. The lowest BCUT2D eigenvalue weighted by Gasteiger charge is -2.09. The van der Waals surface area contributed by atoms with Crippen LogP contribution in [0.2, 0.25) is 0 Å². The summed E-state index contributed by atoms with van der Waals surface area (Å²) < 4.78 is 9.15. The van der Waals surface area contributed by atoms with E-state index >= 15 is 0 Å². The lowest BCUT2D eigenvalue weighted by atomic mass is 9.99. The predicted molar refractivity (Wildman–Crippen MR) is 174 cm³/mol. The summed E-state index contributed by atoms with van der Waals surface area (Å²) in [4.78, 5) is 10.1. The summed E-state index contributed by atoms with van der Waals surface area (Å²) in [6.45, 7) is 2.15. The average Bonchev–Trinajstić information content (AvgIpc) is 3.45. The van der Waals surface area contributed by atoms with E-state index in [1.807, 2.05) is 48.5 Å². The molecule has 0 aliphatic rings. The van der Waals surface area contributed by atoms with Crippen molar-refractivity contribution in [2.24, 2.45) is 7.05 Å². The van der Waals surface area contributed by atoms with E-state index in [0.717, 1.165) is 61.3 Å². The highest BCUT2D eigenvalue weighted by molar-refractivity contribution is 6.13. The van der Waals surface area contributed by atoms with E-state index in [9.17, 15) is 0 Å². The maximum absolute atomic E-state index is 6.89. The molecule has 4 nitrogen and oxygen atoms in total. The van der Waals surface area contributed by atoms with Crippen LogP contribution in [0.15, 0.2) is 138 Å². The minimum atomic E-state index is 0.685. The van der Waals surface area contributed by atoms with Gasteiger partial charge in [0.2, 0.25) is 11.2 Å². The van der Waals surface area contributed by atoms with Gasteiger partial charge in [0.25, 0.3) is 0 Å². The number of para-hydroxylation sites is 2. The third-order valence-corrected chi connectivity index (χ3v) is 8.32. The second-order valence-corrected chi connectivity index (χ2v) is 10.9. The van der Waals surface area contributed by atoms with Gasteiger partial charge in [-0.2, -0.15) is 4.57 Å². The first-order valence-corrected chi connectivity index (χ1v) is 14.5. The molecule has 3 aromatic heterocycles. The second-order valence-electron chi connectivity index (χ2n) is 10.9. The molecule has 0 spiro atoms. The Morgan fingerprint density at radius 1 is 0.581 bits per heavy atom. The molecular formula is C39H28N3O+. The number of hydrogen-bond donors (Lipinski definition) is 0. The first kappa shape index (κ1) is 25.1. The lowest BCUT2D eigenvalue weighted by molar-refractivity contribution is -0.633. The molecule has 0 atom stereocenters. The van der Waals surface area contributed by atoms with Crippen LogP contribution in [0.4, 0.5) is 0 Å². The molecule has 0 aliphatic carbocycles.